The van der Waals surface area contributed by atoms with Crippen LogP contribution in [-0.4, -0.2) is 21.4 Å². The highest BCUT2D eigenvalue weighted by molar-refractivity contribution is 7.98. The number of aromatic nitrogens is 3. The molecule has 0 aliphatic heterocycles. The van der Waals surface area contributed by atoms with Crippen molar-refractivity contribution >= 4 is 11.8 Å². The average Bonchev–Trinajstić information content (AvgIpc) is 2.70. The minimum Gasteiger partial charge on any atom is -0.462 e. The molecule has 2 aromatic rings. The molecule has 2 rings (SSSR count). The maximum atomic E-state index is 11.5. The third-order valence-electron chi connectivity index (χ3n) is 1.62. The van der Waals surface area contributed by atoms with Crippen LogP contribution in [0.4, 0.5) is 0 Å². The second-order valence-corrected chi connectivity index (χ2v) is 3.28. The van der Waals surface area contributed by atoms with Crippen LogP contribution >= 0.6 is 11.8 Å². The fourth-order valence-electron chi connectivity index (χ4n) is 0.988. The monoisotopic (exact) mass is 209 g/mol. The first-order chi connectivity index (χ1) is 6.81. The molecule has 0 bridgehead atoms. The minimum atomic E-state index is -0.292. The number of furan rings is 1. The molecule has 0 spiro atoms. The van der Waals surface area contributed by atoms with E-state index < -0.39 is 0 Å². The zero-order valence-corrected chi connectivity index (χ0v) is 8.17. The van der Waals surface area contributed by atoms with Crippen LogP contribution in [0.3, 0.4) is 0 Å². The van der Waals surface area contributed by atoms with Crippen LogP contribution in [0.5, 0.6) is 0 Å². The molecular formula is C8H7N3O2S. The number of nitrogens with zero attached hydrogens (tertiary/aromatic N) is 2. The van der Waals surface area contributed by atoms with Crippen molar-refractivity contribution in [2.24, 2.45) is 0 Å². The van der Waals surface area contributed by atoms with Crippen LogP contribution in [0.15, 0.2) is 32.8 Å². The lowest BCUT2D eigenvalue weighted by Gasteiger charge is -1.95. The predicted molar refractivity (Wildman–Crippen MR) is 52.1 cm³/mol. The molecule has 0 unspecified atom stereocenters. The summed E-state index contributed by atoms with van der Waals surface area (Å²) in [5.41, 5.74) is -0.0906. The van der Waals surface area contributed by atoms with E-state index in [1.54, 1.807) is 12.1 Å². The van der Waals surface area contributed by atoms with Crippen LogP contribution < -0.4 is 5.56 Å². The average molecular weight is 209 g/mol. The number of thioether (sulfide) groups is 1. The Labute approximate surface area is 83.6 Å². The number of nitrogens with one attached hydrogen (secondary N) is 1. The summed E-state index contributed by atoms with van der Waals surface area (Å²) in [6.45, 7) is 0. The van der Waals surface area contributed by atoms with Gasteiger partial charge in [-0.1, -0.05) is 11.8 Å². The van der Waals surface area contributed by atoms with Crippen molar-refractivity contribution in [2.45, 2.75) is 5.16 Å². The van der Waals surface area contributed by atoms with Gasteiger partial charge in [-0.25, -0.2) is 0 Å². The van der Waals surface area contributed by atoms with E-state index in [2.05, 4.69) is 15.2 Å². The van der Waals surface area contributed by atoms with Crippen LogP contribution in [0, 0.1) is 0 Å². The first-order valence-corrected chi connectivity index (χ1v) is 5.08. The zero-order valence-electron chi connectivity index (χ0n) is 7.35. The Hall–Kier alpha value is -1.56. The summed E-state index contributed by atoms with van der Waals surface area (Å²) in [7, 11) is 0. The molecular weight excluding hydrogens is 202 g/mol. The molecule has 0 saturated heterocycles. The zero-order chi connectivity index (χ0) is 9.97. The number of rotatable bonds is 2. The maximum absolute atomic E-state index is 11.5. The molecule has 0 saturated carbocycles. The normalized spacial score (nSPS) is 10.4. The number of hydrogen-bond acceptors (Lipinski definition) is 5. The fourth-order valence-corrected chi connectivity index (χ4v) is 1.31. The molecule has 0 radical (unpaired) electrons. The minimum absolute atomic E-state index is 0.202. The van der Waals surface area contributed by atoms with Gasteiger partial charge in [0.1, 0.15) is 0 Å². The first kappa shape index (κ1) is 9.01. The molecule has 14 heavy (non-hydrogen) atoms. The largest absolute Gasteiger partial charge is 0.462 e. The van der Waals surface area contributed by atoms with E-state index in [-0.39, 0.29) is 11.3 Å². The van der Waals surface area contributed by atoms with Crippen molar-refractivity contribution in [2.75, 3.05) is 6.26 Å². The third kappa shape index (κ3) is 1.56. The summed E-state index contributed by atoms with van der Waals surface area (Å²) in [5, 5.41) is 8.09. The van der Waals surface area contributed by atoms with E-state index >= 15 is 0 Å². The number of aromatic amines is 1. The third-order valence-corrected chi connectivity index (χ3v) is 2.19. The van der Waals surface area contributed by atoms with Gasteiger partial charge in [0.25, 0.3) is 5.56 Å². The Morgan fingerprint density at radius 1 is 1.50 bits per heavy atom. The Balaban J connectivity index is 2.51. The van der Waals surface area contributed by atoms with E-state index in [0.29, 0.717) is 10.9 Å². The number of hydrogen-bond donors (Lipinski definition) is 1. The molecule has 0 aromatic carbocycles. The number of H-pyrrole nitrogens is 1. The Bertz CT molecular complexity index is 478. The topological polar surface area (TPSA) is 71.8 Å². The van der Waals surface area contributed by atoms with Gasteiger partial charge in [0, 0.05) is 0 Å². The van der Waals surface area contributed by atoms with Gasteiger partial charge in [0.2, 0.25) is 0 Å². The second kappa shape index (κ2) is 3.67. The summed E-state index contributed by atoms with van der Waals surface area (Å²) < 4.78 is 5.04. The van der Waals surface area contributed by atoms with E-state index in [0.717, 1.165) is 0 Å². The highest BCUT2D eigenvalue weighted by Gasteiger charge is 2.08. The van der Waals surface area contributed by atoms with Gasteiger partial charge < -0.3 is 4.42 Å². The smallest absolute Gasteiger partial charge is 0.281 e. The van der Waals surface area contributed by atoms with Crippen LogP contribution in [0.2, 0.25) is 0 Å². The molecule has 0 atom stereocenters. The second-order valence-electron chi connectivity index (χ2n) is 2.49. The van der Waals surface area contributed by atoms with Crippen LogP contribution in [0.1, 0.15) is 0 Å². The van der Waals surface area contributed by atoms with E-state index in [1.165, 1.54) is 18.0 Å². The maximum Gasteiger partial charge on any atom is 0.281 e. The van der Waals surface area contributed by atoms with Crippen molar-refractivity contribution in [3.05, 3.63) is 28.7 Å². The standard InChI is InChI=1S/C8H7N3O2S/c1-14-8-9-7(12)6(10-11-8)5-3-2-4-13-5/h2-4H,1H3,(H,9,11,12). The molecule has 0 fully saturated rings. The molecule has 1 N–H and O–H groups in total. The molecule has 0 aliphatic carbocycles. The van der Waals surface area contributed by atoms with Gasteiger partial charge >= 0.3 is 0 Å². The van der Waals surface area contributed by atoms with Gasteiger partial charge in [-0.15, -0.1) is 10.2 Å². The molecule has 2 heterocycles. The Kier molecular flexibility index (Phi) is 2.36. The summed E-state index contributed by atoms with van der Waals surface area (Å²) >= 11 is 1.33. The van der Waals surface area contributed by atoms with E-state index in [4.69, 9.17) is 4.42 Å². The molecule has 5 nitrogen and oxygen atoms in total. The highest BCUT2D eigenvalue weighted by atomic mass is 32.2. The molecule has 72 valence electrons. The van der Waals surface area contributed by atoms with Crippen LogP contribution in [-0.2, 0) is 0 Å². The molecule has 2 aromatic heterocycles. The van der Waals surface area contributed by atoms with Gasteiger partial charge in [0.15, 0.2) is 16.6 Å². The first-order valence-electron chi connectivity index (χ1n) is 3.86. The summed E-state index contributed by atoms with van der Waals surface area (Å²) in [6, 6.07) is 3.36. The quantitative estimate of drug-likeness (QED) is 0.751. The summed E-state index contributed by atoms with van der Waals surface area (Å²) in [6.07, 6.45) is 3.30. The van der Waals surface area contributed by atoms with Crippen molar-refractivity contribution < 1.29 is 4.42 Å². The van der Waals surface area contributed by atoms with Crippen LogP contribution in [0.25, 0.3) is 11.5 Å². The Morgan fingerprint density at radius 2 is 2.36 bits per heavy atom. The van der Waals surface area contributed by atoms with Crippen molar-refractivity contribution in [1.82, 2.24) is 15.2 Å². The summed E-state index contributed by atoms with van der Waals surface area (Å²) in [4.78, 5) is 14.1. The predicted octanol–water partition coefficient (Wildman–Crippen LogP) is 1.15. The van der Waals surface area contributed by atoms with E-state index in [9.17, 15) is 4.79 Å². The molecule has 0 amide bonds. The molecule has 0 aliphatic rings. The van der Waals surface area contributed by atoms with Gasteiger partial charge in [-0.3, -0.25) is 9.78 Å². The van der Waals surface area contributed by atoms with Gasteiger partial charge in [-0.05, 0) is 18.4 Å². The lowest BCUT2D eigenvalue weighted by atomic mass is 10.3. The summed E-state index contributed by atoms with van der Waals surface area (Å²) in [5.74, 6) is 0.423. The SMILES string of the molecule is CSc1nnc(-c2ccco2)c(=O)[nH]1. The van der Waals surface area contributed by atoms with Crippen molar-refractivity contribution in [3.63, 3.8) is 0 Å². The lowest BCUT2D eigenvalue weighted by molar-refractivity contribution is 0.575. The van der Waals surface area contributed by atoms with Gasteiger partial charge in [0.05, 0.1) is 6.26 Å². The fraction of sp³-hybridized carbons (Fsp3) is 0.125. The highest BCUT2D eigenvalue weighted by Crippen LogP contribution is 2.12. The molecule has 6 heteroatoms. The van der Waals surface area contributed by atoms with Crippen molar-refractivity contribution in [1.29, 1.82) is 0 Å². The Morgan fingerprint density at radius 3 is 2.93 bits per heavy atom. The van der Waals surface area contributed by atoms with Gasteiger partial charge in [-0.2, -0.15) is 0 Å². The van der Waals surface area contributed by atoms with E-state index in [1.807, 2.05) is 6.26 Å². The van der Waals surface area contributed by atoms with Crippen molar-refractivity contribution in [3.8, 4) is 11.5 Å². The lowest BCUT2D eigenvalue weighted by Crippen LogP contribution is -2.13.